The summed E-state index contributed by atoms with van der Waals surface area (Å²) in [6, 6.07) is 8.91. The van der Waals surface area contributed by atoms with Crippen LogP contribution in [0.1, 0.15) is 26.3 Å². The van der Waals surface area contributed by atoms with E-state index in [2.05, 4.69) is 11.8 Å². The fourth-order valence-corrected chi connectivity index (χ4v) is 2.36. The predicted octanol–water partition coefficient (Wildman–Crippen LogP) is 5.55. The van der Waals surface area contributed by atoms with E-state index < -0.39 is 26.7 Å². The molecule has 126 valence electrons. The van der Waals surface area contributed by atoms with Crippen molar-refractivity contribution in [3.8, 4) is 11.8 Å². The van der Waals surface area contributed by atoms with Gasteiger partial charge in [0.1, 0.15) is 0 Å². The normalized spacial score (nSPS) is 13.5. The third-order valence-electron chi connectivity index (χ3n) is 4.00. The second kappa shape index (κ2) is 7.37. The zero-order valence-corrected chi connectivity index (χ0v) is 15.2. The summed E-state index contributed by atoms with van der Waals surface area (Å²) in [6.07, 6.45) is -3.52. The van der Waals surface area contributed by atoms with Crippen LogP contribution in [-0.4, -0.2) is 21.1 Å². The first-order chi connectivity index (χ1) is 10.4. The van der Waals surface area contributed by atoms with Crippen LogP contribution in [-0.2, 0) is 4.43 Å². The van der Waals surface area contributed by atoms with Crippen molar-refractivity contribution in [3.05, 3.63) is 47.5 Å². The molecule has 0 aromatic heterocycles. The van der Waals surface area contributed by atoms with E-state index in [0.29, 0.717) is 5.56 Å². The van der Waals surface area contributed by atoms with Gasteiger partial charge in [0, 0.05) is 5.56 Å². The van der Waals surface area contributed by atoms with Gasteiger partial charge in [-0.15, -0.1) is 0 Å². The highest BCUT2D eigenvalue weighted by Gasteiger charge is 2.40. The summed E-state index contributed by atoms with van der Waals surface area (Å²) in [5.41, 5.74) is -0.0682. The summed E-state index contributed by atoms with van der Waals surface area (Å²) in [7, 11) is -2.24. The molecule has 0 bridgehead atoms. The molecule has 0 heterocycles. The van der Waals surface area contributed by atoms with Gasteiger partial charge < -0.3 is 4.43 Å². The SMILES string of the molecule is CC(C)(C)[Si](C)(C)OC/C(=C\C#Cc1ccccc1)C(F)(F)F. The average molecular weight is 340 g/mol. The highest BCUT2D eigenvalue weighted by molar-refractivity contribution is 6.74. The molecule has 0 N–H and O–H groups in total. The van der Waals surface area contributed by atoms with Crippen LogP contribution in [0.5, 0.6) is 0 Å². The smallest absolute Gasteiger partial charge is 0.413 e. The molecule has 0 amide bonds. The van der Waals surface area contributed by atoms with Crippen LogP contribution in [0.4, 0.5) is 13.2 Å². The molecule has 0 radical (unpaired) electrons. The second-order valence-electron chi connectivity index (χ2n) is 6.85. The van der Waals surface area contributed by atoms with E-state index in [1.54, 1.807) is 24.3 Å². The molecular formula is C18H23F3OSi. The van der Waals surface area contributed by atoms with Gasteiger partial charge in [-0.05, 0) is 36.3 Å². The lowest BCUT2D eigenvalue weighted by molar-refractivity contribution is -0.0969. The van der Waals surface area contributed by atoms with E-state index in [1.807, 2.05) is 39.9 Å². The Bertz CT molecular complexity index is 599. The lowest BCUT2D eigenvalue weighted by atomic mass is 10.2. The number of rotatable bonds is 3. The van der Waals surface area contributed by atoms with Crippen molar-refractivity contribution in [1.29, 1.82) is 0 Å². The van der Waals surface area contributed by atoms with Crippen LogP contribution in [0.3, 0.4) is 0 Å². The zero-order valence-electron chi connectivity index (χ0n) is 14.2. The first-order valence-electron chi connectivity index (χ1n) is 7.40. The van der Waals surface area contributed by atoms with Crippen LogP contribution in [0, 0.1) is 11.8 Å². The Labute approximate surface area is 137 Å². The molecule has 5 heteroatoms. The van der Waals surface area contributed by atoms with Gasteiger partial charge in [-0.2, -0.15) is 13.2 Å². The Morgan fingerprint density at radius 2 is 1.70 bits per heavy atom. The maximum absolute atomic E-state index is 13.1. The van der Waals surface area contributed by atoms with Crippen molar-refractivity contribution in [2.45, 2.75) is 45.1 Å². The van der Waals surface area contributed by atoms with E-state index in [0.717, 1.165) is 6.08 Å². The van der Waals surface area contributed by atoms with Gasteiger partial charge >= 0.3 is 6.18 Å². The summed E-state index contributed by atoms with van der Waals surface area (Å²) in [5, 5.41) is -0.139. The standard InChI is InChI=1S/C18H23F3OSi/c1-17(2,3)23(4,5)22-14-16(18(19,20)21)13-9-12-15-10-7-6-8-11-15/h6-8,10-11,13H,14H2,1-5H3/b16-13+. The molecule has 0 aliphatic heterocycles. The Balaban J connectivity index is 2.91. The monoisotopic (exact) mass is 340 g/mol. The van der Waals surface area contributed by atoms with Gasteiger partial charge in [-0.25, -0.2) is 0 Å². The minimum atomic E-state index is -4.44. The van der Waals surface area contributed by atoms with Gasteiger partial charge in [0.2, 0.25) is 0 Å². The average Bonchev–Trinajstić information content (AvgIpc) is 2.41. The second-order valence-corrected chi connectivity index (χ2v) is 11.7. The van der Waals surface area contributed by atoms with E-state index >= 15 is 0 Å². The van der Waals surface area contributed by atoms with Gasteiger partial charge in [0.25, 0.3) is 0 Å². The highest BCUT2D eigenvalue weighted by atomic mass is 28.4. The number of halogens is 3. The molecular weight excluding hydrogens is 317 g/mol. The Hall–Kier alpha value is -1.51. The quantitative estimate of drug-likeness (QED) is 0.518. The number of hydrogen-bond acceptors (Lipinski definition) is 1. The fraction of sp³-hybridized carbons (Fsp3) is 0.444. The Morgan fingerprint density at radius 3 is 2.17 bits per heavy atom. The molecule has 0 aliphatic carbocycles. The third kappa shape index (κ3) is 6.24. The molecule has 1 aromatic rings. The molecule has 0 atom stereocenters. The minimum absolute atomic E-state index is 0.139. The van der Waals surface area contributed by atoms with Crippen LogP contribution in [0.15, 0.2) is 42.0 Å². The topological polar surface area (TPSA) is 9.23 Å². The third-order valence-corrected chi connectivity index (χ3v) is 8.47. The summed E-state index contributed by atoms with van der Waals surface area (Å²) in [4.78, 5) is 0. The van der Waals surface area contributed by atoms with Gasteiger partial charge in [-0.1, -0.05) is 50.8 Å². The lowest BCUT2D eigenvalue weighted by Gasteiger charge is -2.36. The molecule has 0 saturated heterocycles. The molecule has 1 aromatic carbocycles. The number of allylic oxidation sites excluding steroid dienone is 1. The molecule has 1 rings (SSSR count). The van der Waals surface area contributed by atoms with Crippen molar-refractivity contribution in [2.75, 3.05) is 6.61 Å². The minimum Gasteiger partial charge on any atom is -0.413 e. The summed E-state index contributed by atoms with van der Waals surface area (Å²) >= 11 is 0. The van der Waals surface area contributed by atoms with Gasteiger partial charge in [0.15, 0.2) is 8.32 Å². The van der Waals surface area contributed by atoms with Crippen LogP contribution < -0.4 is 0 Å². The summed E-state index contributed by atoms with van der Waals surface area (Å²) in [6.45, 7) is 9.37. The molecule has 23 heavy (non-hydrogen) atoms. The van der Waals surface area contributed by atoms with Crippen molar-refractivity contribution in [1.82, 2.24) is 0 Å². The van der Waals surface area contributed by atoms with Gasteiger partial charge in [0.05, 0.1) is 12.2 Å². The molecule has 0 fully saturated rings. The van der Waals surface area contributed by atoms with Crippen molar-refractivity contribution < 1.29 is 17.6 Å². The zero-order chi connectivity index (χ0) is 17.7. The van der Waals surface area contributed by atoms with E-state index in [1.165, 1.54) is 0 Å². The summed E-state index contributed by atoms with van der Waals surface area (Å²) in [5.74, 6) is 5.19. The van der Waals surface area contributed by atoms with E-state index in [9.17, 15) is 13.2 Å². The number of benzene rings is 1. The van der Waals surface area contributed by atoms with Gasteiger partial charge in [-0.3, -0.25) is 0 Å². The van der Waals surface area contributed by atoms with Crippen molar-refractivity contribution in [3.63, 3.8) is 0 Å². The maximum atomic E-state index is 13.1. The number of hydrogen-bond donors (Lipinski definition) is 0. The van der Waals surface area contributed by atoms with Crippen LogP contribution in [0.25, 0.3) is 0 Å². The first-order valence-corrected chi connectivity index (χ1v) is 10.3. The summed E-state index contributed by atoms with van der Waals surface area (Å²) < 4.78 is 45.0. The number of alkyl halides is 3. The molecule has 0 spiro atoms. The first kappa shape index (κ1) is 19.5. The Morgan fingerprint density at radius 1 is 1.13 bits per heavy atom. The van der Waals surface area contributed by atoms with Crippen LogP contribution >= 0.6 is 0 Å². The highest BCUT2D eigenvalue weighted by Crippen LogP contribution is 2.37. The lowest BCUT2D eigenvalue weighted by Crippen LogP contribution is -2.41. The predicted molar refractivity (Wildman–Crippen MR) is 90.6 cm³/mol. The maximum Gasteiger partial charge on any atom is 0.415 e. The fourth-order valence-electron chi connectivity index (χ4n) is 1.41. The van der Waals surface area contributed by atoms with Crippen molar-refractivity contribution >= 4 is 8.32 Å². The Kier molecular flexibility index (Phi) is 6.26. The molecule has 0 aliphatic rings. The largest absolute Gasteiger partial charge is 0.415 e. The van der Waals surface area contributed by atoms with Crippen LogP contribution in [0.2, 0.25) is 18.1 Å². The van der Waals surface area contributed by atoms with E-state index in [-0.39, 0.29) is 5.04 Å². The molecule has 0 saturated carbocycles. The van der Waals surface area contributed by atoms with Crippen molar-refractivity contribution in [2.24, 2.45) is 0 Å². The molecule has 1 nitrogen and oxygen atoms in total. The van der Waals surface area contributed by atoms with E-state index in [4.69, 9.17) is 4.43 Å². The molecule has 0 unspecified atom stereocenters.